The minimum Gasteiger partial charge on any atom is -0.481 e. The summed E-state index contributed by atoms with van der Waals surface area (Å²) in [5.41, 5.74) is 0. The highest BCUT2D eigenvalue weighted by Gasteiger charge is 2.21. The molecule has 0 saturated carbocycles. The second-order valence-electron chi connectivity index (χ2n) is 4.65. The van der Waals surface area contributed by atoms with Gasteiger partial charge in [0.2, 0.25) is 5.91 Å². The SMILES string of the molecule is CC(CN(C)C(=O)CN(C)C(=O)c1ccco1)C(=O)O. The standard InChI is InChI=1S/C13H18N2O5/c1-9(13(18)19)7-14(2)11(16)8-15(3)12(17)10-5-4-6-20-10/h4-6,9H,7-8H2,1-3H3,(H,18,19). The minimum absolute atomic E-state index is 0.0942. The molecule has 7 nitrogen and oxygen atoms in total. The van der Waals surface area contributed by atoms with Gasteiger partial charge in [0, 0.05) is 20.6 Å². The van der Waals surface area contributed by atoms with E-state index in [-0.39, 0.29) is 24.8 Å². The van der Waals surface area contributed by atoms with Gasteiger partial charge in [-0.1, -0.05) is 6.92 Å². The second-order valence-corrected chi connectivity index (χ2v) is 4.65. The maximum Gasteiger partial charge on any atom is 0.308 e. The Labute approximate surface area is 116 Å². The number of hydrogen-bond acceptors (Lipinski definition) is 4. The number of likely N-dealkylation sites (N-methyl/N-ethyl adjacent to an activating group) is 2. The van der Waals surface area contributed by atoms with Crippen LogP contribution >= 0.6 is 0 Å². The van der Waals surface area contributed by atoms with Gasteiger partial charge in [-0.25, -0.2) is 0 Å². The molecule has 0 radical (unpaired) electrons. The zero-order valence-corrected chi connectivity index (χ0v) is 11.7. The number of carboxylic acids is 1. The summed E-state index contributed by atoms with van der Waals surface area (Å²) in [5, 5.41) is 8.79. The third-order valence-corrected chi connectivity index (χ3v) is 2.85. The first-order valence-electron chi connectivity index (χ1n) is 6.08. The Morgan fingerprint density at radius 3 is 2.45 bits per heavy atom. The lowest BCUT2D eigenvalue weighted by molar-refractivity contribution is -0.142. The van der Waals surface area contributed by atoms with E-state index in [1.807, 2.05) is 0 Å². The van der Waals surface area contributed by atoms with E-state index in [0.717, 1.165) is 0 Å². The minimum atomic E-state index is -0.968. The summed E-state index contributed by atoms with van der Waals surface area (Å²) in [6.07, 6.45) is 1.38. The molecule has 7 heteroatoms. The van der Waals surface area contributed by atoms with Crippen molar-refractivity contribution in [2.75, 3.05) is 27.2 Å². The number of rotatable bonds is 6. The number of amides is 2. The zero-order valence-electron chi connectivity index (χ0n) is 11.7. The Morgan fingerprint density at radius 2 is 1.95 bits per heavy atom. The number of aliphatic carboxylic acids is 1. The van der Waals surface area contributed by atoms with Crippen molar-refractivity contribution in [3.05, 3.63) is 24.2 Å². The van der Waals surface area contributed by atoms with E-state index in [0.29, 0.717) is 0 Å². The van der Waals surface area contributed by atoms with Crippen LogP contribution in [0.5, 0.6) is 0 Å². The zero-order chi connectivity index (χ0) is 15.3. The summed E-state index contributed by atoms with van der Waals surface area (Å²) < 4.78 is 4.96. The Kier molecular flexibility index (Phi) is 5.31. The lowest BCUT2D eigenvalue weighted by Crippen LogP contribution is -2.41. The van der Waals surface area contributed by atoms with Crippen molar-refractivity contribution in [1.82, 2.24) is 9.80 Å². The summed E-state index contributed by atoms with van der Waals surface area (Å²) in [4.78, 5) is 37.0. The molecule has 0 saturated heterocycles. The molecular weight excluding hydrogens is 264 g/mol. The van der Waals surface area contributed by atoms with E-state index < -0.39 is 17.8 Å². The molecule has 1 N–H and O–H groups in total. The number of furan rings is 1. The van der Waals surface area contributed by atoms with Gasteiger partial charge >= 0.3 is 5.97 Å². The van der Waals surface area contributed by atoms with Gasteiger partial charge in [-0.05, 0) is 12.1 Å². The topological polar surface area (TPSA) is 91.1 Å². The van der Waals surface area contributed by atoms with Crippen molar-refractivity contribution < 1.29 is 23.9 Å². The predicted molar refractivity (Wildman–Crippen MR) is 70.1 cm³/mol. The largest absolute Gasteiger partial charge is 0.481 e. The first-order chi connectivity index (χ1) is 9.32. The van der Waals surface area contributed by atoms with Crippen LogP contribution < -0.4 is 0 Å². The Balaban J connectivity index is 2.53. The predicted octanol–water partition coefficient (Wildman–Crippen LogP) is 0.531. The number of carbonyl (C=O) groups is 3. The third-order valence-electron chi connectivity index (χ3n) is 2.85. The summed E-state index contributed by atoms with van der Waals surface area (Å²) in [6.45, 7) is 1.48. The second kappa shape index (κ2) is 6.74. The Hall–Kier alpha value is -2.31. The van der Waals surface area contributed by atoms with Gasteiger partial charge in [0.05, 0.1) is 18.7 Å². The smallest absolute Gasteiger partial charge is 0.308 e. The third kappa shape index (κ3) is 4.11. The van der Waals surface area contributed by atoms with Gasteiger partial charge in [-0.2, -0.15) is 0 Å². The molecule has 0 bridgehead atoms. The summed E-state index contributed by atoms with van der Waals surface area (Å²) in [6, 6.07) is 3.10. The number of nitrogens with zero attached hydrogens (tertiary/aromatic N) is 2. The molecule has 1 aromatic heterocycles. The molecule has 1 aromatic rings. The van der Waals surface area contributed by atoms with E-state index >= 15 is 0 Å². The fourth-order valence-electron chi connectivity index (χ4n) is 1.57. The van der Waals surface area contributed by atoms with Crippen LogP contribution in [-0.2, 0) is 9.59 Å². The van der Waals surface area contributed by atoms with E-state index in [1.165, 1.54) is 43.1 Å². The quantitative estimate of drug-likeness (QED) is 0.822. The first-order valence-corrected chi connectivity index (χ1v) is 6.08. The number of carbonyl (C=O) groups excluding carboxylic acids is 2. The van der Waals surface area contributed by atoms with Crippen LogP contribution in [0.4, 0.5) is 0 Å². The fourth-order valence-corrected chi connectivity index (χ4v) is 1.57. The van der Waals surface area contributed by atoms with Crippen molar-refractivity contribution in [1.29, 1.82) is 0 Å². The fraction of sp³-hybridized carbons (Fsp3) is 0.462. The highest BCUT2D eigenvalue weighted by molar-refractivity contribution is 5.94. The van der Waals surface area contributed by atoms with Gasteiger partial charge in [0.15, 0.2) is 5.76 Å². The molecule has 0 aliphatic carbocycles. The van der Waals surface area contributed by atoms with E-state index in [4.69, 9.17) is 9.52 Å². The van der Waals surface area contributed by atoms with Crippen LogP contribution in [0.25, 0.3) is 0 Å². The van der Waals surface area contributed by atoms with Crippen LogP contribution in [0.2, 0.25) is 0 Å². The molecule has 0 spiro atoms. The maximum absolute atomic E-state index is 11.9. The van der Waals surface area contributed by atoms with Crippen LogP contribution in [0, 0.1) is 5.92 Å². The van der Waals surface area contributed by atoms with Crippen molar-refractivity contribution in [2.45, 2.75) is 6.92 Å². The average Bonchev–Trinajstić information content (AvgIpc) is 2.90. The number of carboxylic acid groups (broad SMARTS) is 1. The molecule has 0 aromatic carbocycles. The molecule has 0 fully saturated rings. The molecule has 2 amide bonds. The summed E-state index contributed by atoms with van der Waals surface area (Å²) in [7, 11) is 2.99. The van der Waals surface area contributed by atoms with Gasteiger partial charge < -0.3 is 19.3 Å². The lowest BCUT2D eigenvalue weighted by Gasteiger charge is -2.22. The van der Waals surface area contributed by atoms with Gasteiger partial charge in [-0.3, -0.25) is 14.4 Å². The monoisotopic (exact) mass is 282 g/mol. The molecule has 0 aliphatic rings. The normalized spacial score (nSPS) is 11.8. The molecule has 20 heavy (non-hydrogen) atoms. The molecule has 1 unspecified atom stereocenters. The van der Waals surface area contributed by atoms with Crippen molar-refractivity contribution >= 4 is 17.8 Å². The van der Waals surface area contributed by atoms with Crippen molar-refractivity contribution in [3.8, 4) is 0 Å². The highest BCUT2D eigenvalue weighted by atomic mass is 16.4. The highest BCUT2D eigenvalue weighted by Crippen LogP contribution is 2.05. The van der Waals surface area contributed by atoms with Crippen LogP contribution in [0.1, 0.15) is 17.5 Å². The van der Waals surface area contributed by atoms with E-state index in [9.17, 15) is 14.4 Å². The molecular formula is C13H18N2O5. The summed E-state index contributed by atoms with van der Waals surface area (Å²) in [5.74, 6) is -2.20. The number of hydrogen-bond donors (Lipinski definition) is 1. The molecule has 0 aliphatic heterocycles. The van der Waals surface area contributed by atoms with E-state index in [2.05, 4.69) is 0 Å². The van der Waals surface area contributed by atoms with Gasteiger partial charge in [0.25, 0.3) is 5.91 Å². The first kappa shape index (κ1) is 15.7. The Bertz CT molecular complexity index is 483. The average molecular weight is 282 g/mol. The van der Waals surface area contributed by atoms with Crippen LogP contribution in [0.15, 0.2) is 22.8 Å². The van der Waals surface area contributed by atoms with Crippen molar-refractivity contribution in [3.63, 3.8) is 0 Å². The van der Waals surface area contributed by atoms with Crippen molar-refractivity contribution in [2.24, 2.45) is 5.92 Å². The summed E-state index contributed by atoms with van der Waals surface area (Å²) >= 11 is 0. The molecule has 110 valence electrons. The maximum atomic E-state index is 11.9. The Morgan fingerprint density at radius 1 is 1.30 bits per heavy atom. The van der Waals surface area contributed by atoms with E-state index in [1.54, 1.807) is 6.07 Å². The van der Waals surface area contributed by atoms with Gasteiger partial charge in [0.1, 0.15) is 0 Å². The van der Waals surface area contributed by atoms with Gasteiger partial charge in [-0.15, -0.1) is 0 Å². The lowest BCUT2D eigenvalue weighted by atomic mass is 10.2. The van der Waals surface area contributed by atoms with Crippen LogP contribution in [0.3, 0.4) is 0 Å². The molecule has 1 rings (SSSR count). The van der Waals surface area contributed by atoms with Crippen LogP contribution in [-0.4, -0.2) is 59.9 Å². The molecule has 1 atom stereocenters. The molecule has 1 heterocycles.